The van der Waals surface area contributed by atoms with Gasteiger partial charge in [0, 0.05) is 13.3 Å². The SMILES string of the molecule is CC(=O)O.CCCCC(=O)OOC. The Morgan fingerprint density at radius 2 is 1.85 bits per heavy atom. The fourth-order valence-electron chi connectivity index (χ4n) is 0.456. The van der Waals surface area contributed by atoms with Gasteiger partial charge < -0.3 is 5.11 Å². The van der Waals surface area contributed by atoms with Gasteiger partial charge in [0.05, 0.1) is 7.11 Å². The van der Waals surface area contributed by atoms with E-state index in [0.717, 1.165) is 19.8 Å². The molecular formula is C8H16O5. The number of rotatable bonds is 4. The van der Waals surface area contributed by atoms with Crippen molar-refractivity contribution in [3.05, 3.63) is 0 Å². The van der Waals surface area contributed by atoms with Gasteiger partial charge >= 0.3 is 5.97 Å². The maximum absolute atomic E-state index is 10.5. The maximum Gasteiger partial charge on any atom is 0.342 e. The molecule has 0 aliphatic rings. The van der Waals surface area contributed by atoms with Crippen molar-refractivity contribution in [1.29, 1.82) is 0 Å². The van der Waals surface area contributed by atoms with Crippen molar-refractivity contribution in [2.24, 2.45) is 0 Å². The summed E-state index contributed by atoms with van der Waals surface area (Å²) in [6, 6.07) is 0. The van der Waals surface area contributed by atoms with Crippen LogP contribution in [0.5, 0.6) is 0 Å². The van der Waals surface area contributed by atoms with Gasteiger partial charge in [0.1, 0.15) is 0 Å². The first-order valence-electron chi connectivity index (χ1n) is 3.97. The van der Waals surface area contributed by atoms with Crippen LogP contribution in [0.4, 0.5) is 0 Å². The minimum absolute atomic E-state index is 0.292. The molecule has 0 fully saturated rings. The number of carbonyl (C=O) groups excluding carboxylic acids is 1. The van der Waals surface area contributed by atoms with Crippen LogP contribution in [0.2, 0.25) is 0 Å². The summed E-state index contributed by atoms with van der Waals surface area (Å²) in [6.45, 7) is 3.10. The van der Waals surface area contributed by atoms with Crippen molar-refractivity contribution in [1.82, 2.24) is 0 Å². The highest BCUT2D eigenvalue weighted by atomic mass is 17.2. The van der Waals surface area contributed by atoms with E-state index in [0.29, 0.717) is 6.42 Å². The zero-order valence-electron chi connectivity index (χ0n) is 8.20. The Hall–Kier alpha value is -1.10. The summed E-state index contributed by atoms with van der Waals surface area (Å²) < 4.78 is 0. The van der Waals surface area contributed by atoms with Crippen LogP contribution in [-0.2, 0) is 19.4 Å². The topological polar surface area (TPSA) is 72.8 Å². The van der Waals surface area contributed by atoms with E-state index in [2.05, 4.69) is 9.78 Å². The third-order valence-electron chi connectivity index (χ3n) is 0.911. The van der Waals surface area contributed by atoms with Crippen LogP contribution in [0.25, 0.3) is 0 Å². The molecule has 1 N–H and O–H groups in total. The Morgan fingerprint density at radius 3 is 2.15 bits per heavy atom. The molecular weight excluding hydrogens is 176 g/mol. The smallest absolute Gasteiger partial charge is 0.342 e. The first-order valence-corrected chi connectivity index (χ1v) is 3.97. The Labute approximate surface area is 77.6 Å². The fourth-order valence-corrected chi connectivity index (χ4v) is 0.456. The second-order valence-electron chi connectivity index (χ2n) is 2.24. The van der Waals surface area contributed by atoms with Crippen molar-refractivity contribution in [2.75, 3.05) is 7.11 Å². The third-order valence-corrected chi connectivity index (χ3v) is 0.911. The molecule has 0 aromatic heterocycles. The summed E-state index contributed by atoms with van der Waals surface area (Å²) in [6.07, 6.45) is 2.31. The second-order valence-corrected chi connectivity index (χ2v) is 2.24. The summed E-state index contributed by atoms with van der Waals surface area (Å²) in [4.78, 5) is 27.8. The second kappa shape index (κ2) is 10.9. The number of carboxylic acid groups (broad SMARTS) is 1. The number of unbranched alkanes of at least 4 members (excludes halogenated alkanes) is 1. The predicted octanol–water partition coefficient (Wildman–Crippen LogP) is 1.37. The summed E-state index contributed by atoms with van der Waals surface area (Å²) in [5, 5.41) is 7.42. The molecule has 0 atom stereocenters. The van der Waals surface area contributed by atoms with Crippen LogP contribution >= 0.6 is 0 Å². The van der Waals surface area contributed by atoms with Gasteiger partial charge in [0.25, 0.3) is 5.97 Å². The van der Waals surface area contributed by atoms with Crippen LogP contribution in [0.1, 0.15) is 33.1 Å². The first kappa shape index (κ1) is 14.4. The number of aliphatic carboxylic acids is 1. The summed E-state index contributed by atoms with van der Waals surface area (Å²) >= 11 is 0. The molecule has 0 spiro atoms. The van der Waals surface area contributed by atoms with Crippen LogP contribution in [0.3, 0.4) is 0 Å². The molecule has 0 aliphatic carbocycles. The lowest BCUT2D eigenvalue weighted by molar-refractivity contribution is -0.255. The van der Waals surface area contributed by atoms with E-state index >= 15 is 0 Å². The van der Waals surface area contributed by atoms with Gasteiger partial charge in [0.15, 0.2) is 0 Å². The summed E-state index contributed by atoms with van der Waals surface area (Å²) in [5.74, 6) is -1.13. The molecule has 0 aromatic carbocycles. The zero-order valence-corrected chi connectivity index (χ0v) is 8.20. The van der Waals surface area contributed by atoms with E-state index in [1.54, 1.807) is 0 Å². The van der Waals surface area contributed by atoms with E-state index in [-0.39, 0.29) is 5.97 Å². The molecule has 0 aromatic rings. The Morgan fingerprint density at radius 1 is 1.38 bits per heavy atom. The molecule has 13 heavy (non-hydrogen) atoms. The molecule has 0 saturated carbocycles. The van der Waals surface area contributed by atoms with E-state index in [4.69, 9.17) is 9.90 Å². The minimum Gasteiger partial charge on any atom is -0.481 e. The highest BCUT2D eigenvalue weighted by Crippen LogP contribution is 1.95. The summed E-state index contributed by atoms with van der Waals surface area (Å²) in [5.41, 5.74) is 0. The van der Waals surface area contributed by atoms with E-state index < -0.39 is 5.97 Å². The Bertz CT molecular complexity index is 139. The standard InChI is InChI=1S/C6H12O3.C2H4O2/c1-3-4-5-6(7)9-8-2;1-2(3)4/h3-5H2,1-2H3;1H3,(H,3,4). The van der Waals surface area contributed by atoms with Crippen molar-refractivity contribution in [3.63, 3.8) is 0 Å². The lowest BCUT2D eigenvalue weighted by Gasteiger charge is -1.96. The maximum atomic E-state index is 10.5. The summed E-state index contributed by atoms with van der Waals surface area (Å²) in [7, 11) is 1.32. The third kappa shape index (κ3) is 24.8. The van der Waals surface area contributed by atoms with E-state index in [1.165, 1.54) is 7.11 Å². The van der Waals surface area contributed by atoms with Gasteiger partial charge in [-0.2, -0.15) is 4.89 Å². The highest BCUT2D eigenvalue weighted by Gasteiger charge is 1.99. The van der Waals surface area contributed by atoms with E-state index in [1.807, 2.05) is 6.92 Å². The van der Waals surface area contributed by atoms with Crippen molar-refractivity contribution < 1.29 is 24.5 Å². The number of hydrogen-bond donors (Lipinski definition) is 1. The van der Waals surface area contributed by atoms with Crippen LogP contribution in [0, 0.1) is 0 Å². The Balaban J connectivity index is 0. The molecule has 5 heteroatoms. The molecule has 0 amide bonds. The predicted molar refractivity (Wildman–Crippen MR) is 45.9 cm³/mol. The normalized spacial score (nSPS) is 8.23. The van der Waals surface area contributed by atoms with Gasteiger partial charge in [-0.05, 0) is 6.42 Å². The van der Waals surface area contributed by atoms with Gasteiger partial charge in [-0.3, -0.25) is 9.68 Å². The van der Waals surface area contributed by atoms with Crippen LogP contribution in [0.15, 0.2) is 0 Å². The minimum atomic E-state index is -0.833. The lowest BCUT2D eigenvalue weighted by atomic mass is 10.3. The Kier molecular flexibility index (Phi) is 12.1. The van der Waals surface area contributed by atoms with Gasteiger partial charge in [-0.15, -0.1) is 0 Å². The van der Waals surface area contributed by atoms with Crippen LogP contribution in [-0.4, -0.2) is 24.2 Å². The fraction of sp³-hybridized carbons (Fsp3) is 0.750. The molecule has 0 aliphatic heterocycles. The average Bonchev–Trinajstić information content (AvgIpc) is 2.00. The number of carbonyl (C=O) groups is 2. The number of carboxylic acids is 1. The molecule has 0 saturated heterocycles. The molecule has 0 unspecified atom stereocenters. The van der Waals surface area contributed by atoms with E-state index in [9.17, 15) is 4.79 Å². The monoisotopic (exact) mass is 192 g/mol. The van der Waals surface area contributed by atoms with Gasteiger partial charge in [0.2, 0.25) is 0 Å². The molecule has 5 nitrogen and oxygen atoms in total. The largest absolute Gasteiger partial charge is 0.481 e. The molecule has 0 bridgehead atoms. The first-order chi connectivity index (χ1) is 6.04. The molecule has 0 rings (SSSR count). The van der Waals surface area contributed by atoms with Crippen molar-refractivity contribution in [3.8, 4) is 0 Å². The van der Waals surface area contributed by atoms with Crippen molar-refractivity contribution >= 4 is 11.9 Å². The zero-order chi connectivity index (χ0) is 10.7. The lowest BCUT2D eigenvalue weighted by Crippen LogP contribution is -2.01. The molecule has 0 radical (unpaired) electrons. The average molecular weight is 192 g/mol. The van der Waals surface area contributed by atoms with Gasteiger partial charge in [-0.25, -0.2) is 4.79 Å². The van der Waals surface area contributed by atoms with Crippen LogP contribution < -0.4 is 0 Å². The molecule has 0 heterocycles. The highest BCUT2D eigenvalue weighted by molar-refractivity contribution is 5.68. The molecule has 78 valence electrons. The number of hydrogen-bond acceptors (Lipinski definition) is 4. The van der Waals surface area contributed by atoms with Crippen molar-refractivity contribution in [2.45, 2.75) is 33.1 Å². The quantitative estimate of drug-likeness (QED) is 0.538. The van der Waals surface area contributed by atoms with Gasteiger partial charge in [-0.1, -0.05) is 13.3 Å².